The van der Waals surface area contributed by atoms with Gasteiger partial charge in [-0.15, -0.1) is 0 Å². The van der Waals surface area contributed by atoms with Crippen molar-refractivity contribution in [3.8, 4) is 11.3 Å². The topological polar surface area (TPSA) is 33.2 Å². The van der Waals surface area contributed by atoms with Crippen molar-refractivity contribution in [3.05, 3.63) is 47.5 Å². The number of halogens is 3. The molecule has 0 radical (unpaired) electrons. The zero-order chi connectivity index (χ0) is 15.6. The monoisotopic (exact) mass is 294 g/mol. The Bertz CT molecular complexity index is 649. The molecule has 2 rings (SSSR count). The molecule has 21 heavy (non-hydrogen) atoms. The lowest BCUT2D eigenvalue weighted by molar-refractivity contribution is -0.137. The fourth-order valence-corrected chi connectivity index (χ4v) is 1.79. The average molecular weight is 294 g/mol. The van der Waals surface area contributed by atoms with E-state index in [2.05, 4.69) is 4.98 Å². The highest BCUT2D eigenvalue weighted by Crippen LogP contribution is 2.33. The molecule has 110 valence electrons. The third-order valence-electron chi connectivity index (χ3n) is 2.94. The van der Waals surface area contributed by atoms with Gasteiger partial charge in [0.1, 0.15) is 12.1 Å². The van der Waals surface area contributed by atoms with E-state index >= 15 is 0 Å². The van der Waals surface area contributed by atoms with Crippen molar-refractivity contribution >= 4 is 12.1 Å². The first kappa shape index (κ1) is 15.0. The minimum absolute atomic E-state index is 0.214. The second-order valence-corrected chi connectivity index (χ2v) is 4.73. The molecule has 0 spiro atoms. The van der Waals surface area contributed by atoms with Gasteiger partial charge in [0.15, 0.2) is 0 Å². The summed E-state index contributed by atoms with van der Waals surface area (Å²) >= 11 is 0. The number of carbonyl (C=O) groups excluding carboxylic acids is 1. The molecule has 1 heterocycles. The van der Waals surface area contributed by atoms with Crippen molar-refractivity contribution in [1.29, 1.82) is 0 Å². The average Bonchev–Trinajstić information content (AvgIpc) is 2.46. The number of pyridine rings is 1. The van der Waals surface area contributed by atoms with E-state index in [9.17, 15) is 18.0 Å². The Morgan fingerprint density at radius 3 is 2.19 bits per heavy atom. The van der Waals surface area contributed by atoms with Crippen molar-refractivity contribution in [3.63, 3.8) is 0 Å². The van der Waals surface area contributed by atoms with E-state index < -0.39 is 11.7 Å². The number of anilines is 1. The van der Waals surface area contributed by atoms with E-state index in [-0.39, 0.29) is 11.5 Å². The Hall–Kier alpha value is -2.37. The highest BCUT2D eigenvalue weighted by Gasteiger charge is 2.32. The van der Waals surface area contributed by atoms with Gasteiger partial charge in [0, 0.05) is 25.2 Å². The zero-order valence-corrected chi connectivity index (χ0v) is 11.5. The molecule has 0 unspecified atom stereocenters. The van der Waals surface area contributed by atoms with Gasteiger partial charge in [-0.3, -0.25) is 4.79 Å². The van der Waals surface area contributed by atoms with Crippen molar-refractivity contribution in [2.45, 2.75) is 6.18 Å². The van der Waals surface area contributed by atoms with Gasteiger partial charge in [-0.25, -0.2) is 4.98 Å². The van der Waals surface area contributed by atoms with Crippen molar-refractivity contribution in [1.82, 2.24) is 4.98 Å². The number of hydrogen-bond acceptors (Lipinski definition) is 3. The van der Waals surface area contributed by atoms with Crippen LogP contribution < -0.4 is 4.90 Å². The highest BCUT2D eigenvalue weighted by atomic mass is 19.4. The molecule has 0 aliphatic heterocycles. The SMILES string of the molecule is CN(C)c1cc(C(F)(F)F)cc(-c2ccc(C=O)cc2)n1. The largest absolute Gasteiger partial charge is 0.416 e. The third-order valence-corrected chi connectivity index (χ3v) is 2.94. The van der Waals surface area contributed by atoms with E-state index in [0.29, 0.717) is 17.4 Å². The van der Waals surface area contributed by atoms with E-state index in [4.69, 9.17) is 0 Å². The van der Waals surface area contributed by atoms with Gasteiger partial charge >= 0.3 is 6.18 Å². The maximum absolute atomic E-state index is 13.0. The van der Waals surface area contributed by atoms with Crippen LogP contribution in [0.3, 0.4) is 0 Å². The molecule has 0 N–H and O–H groups in total. The number of carbonyl (C=O) groups is 1. The maximum atomic E-state index is 13.0. The Balaban J connectivity index is 2.55. The van der Waals surface area contributed by atoms with Gasteiger partial charge in [0.2, 0.25) is 0 Å². The number of aromatic nitrogens is 1. The lowest BCUT2D eigenvalue weighted by atomic mass is 10.1. The van der Waals surface area contributed by atoms with E-state index in [0.717, 1.165) is 12.1 Å². The summed E-state index contributed by atoms with van der Waals surface area (Å²) in [6, 6.07) is 8.24. The first-order chi connectivity index (χ1) is 9.81. The number of aldehydes is 1. The molecule has 0 saturated heterocycles. The minimum Gasteiger partial charge on any atom is -0.363 e. The van der Waals surface area contributed by atoms with E-state index in [1.807, 2.05) is 0 Å². The number of hydrogen-bond donors (Lipinski definition) is 0. The smallest absolute Gasteiger partial charge is 0.363 e. The van der Waals surface area contributed by atoms with Crippen LogP contribution in [-0.4, -0.2) is 25.4 Å². The van der Waals surface area contributed by atoms with Crippen LogP contribution in [-0.2, 0) is 6.18 Å². The Kier molecular flexibility index (Phi) is 3.97. The zero-order valence-electron chi connectivity index (χ0n) is 11.5. The molecule has 1 aromatic heterocycles. The molecule has 0 bridgehead atoms. The van der Waals surface area contributed by atoms with Gasteiger partial charge in [0.25, 0.3) is 0 Å². The van der Waals surface area contributed by atoms with Crippen LogP contribution in [0.1, 0.15) is 15.9 Å². The first-order valence-corrected chi connectivity index (χ1v) is 6.13. The molecule has 0 fully saturated rings. The molecule has 1 aromatic carbocycles. The van der Waals surface area contributed by atoms with Crippen LogP contribution in [0.2, 0.25) is 0 Å². The van der Waals surface area contributed by atoms with Crippen molar-refractivity contribution in [2.24, 2.45) is 0 Å². The Labute approximate surface area is 120 Å². The quantitative estimate of drug-likeness (QED) is 0.810. The van der Waals surface area contributed by atoms with Gasteiger partial charge < -0.3 is 4.90 Å². The molecular formula is C15H13F3N2O. The molecule has 0 aliphatic rings. The van der Waals surface area contributed by atoms with Gasteiger partial charge in [-0.05, 0) is 12.1 Å². The molecule has 2 aromatic rings. The van der Waals surface area contributed by atoms with Gasteiger partial charge in [-0.1, -0.05) is 24.3 Å². The summed E-state index contributed by atoms with van der Waals surface area (Å²) < 4.78 is 38.9. The minimum atomic E-state index is -4.44. The molecular weight excluding hydrogens is 281 g/mol. The van der Waals surface area contributed by atoms with Crippen LogP contribution in [0.4, 0.5) is 19.0 Å². The summed E-state index contributed by atoms with van der Waals surface area (Å²) in [6.45, 7) is 0. The van der Waals surface area contributed by atoms with E-state index in [1.165, 1.54) is 4.90 Å². The molecule has 0 aliphatic carbocycles. The summed E-state index contributed by atoms with van der Waals surface area (Å²) in [5.41, 5.74) is 0.440. The standard InChI is InChI=1S/C15H13F3N2O/c1-20(2)14-8-12(15(16,17)18)7-13(19-14)11-5-3-10(9-21)4-6-11/h3-9H,1-2H3. The fourth-order valence-electron chi connectivity index (χ4n) is 1.79. The second-order valence-electron chi connectivity index (χ2n) is 4.73. The first-order valence-electron chi connectivity index (χ1n) is 6.13. The molecule has 6 heteroatoms. The normalized spacial score (nSPS) is 11.3. The Morgan fingerprint density at radius 1 is 1.10 bits per heavy atom. The predicted molar refractivity (Wildman–Crippen MR) is 74.4 cm³/mol. The van der Waals surface area contributed by atoms with Crippen LogP contribution in [0.15, 0.2) is 36.4 Å². The van der Waals surface area contributed by atoms with Crippen LogP contribution in [0, 0.1) is 0 Å². The van der Waals surface area contributed by atoms with Crippen molar-refractivity contribution < 1.29 is 18.0 Å². The second kappa shape index (κ2) is 5.55. The molecule has 0 amide bonds. The maximum Gasteiger partial charge on any atom is 0.416 e. The van der Waals surface area contributed by atoms with Crippen molar-refractivity contribution in [2.75, 3.05) is 19.0 Å². The van der Waals surface area contributed by atoms with Crippen LogP contribution >= 0.6 is 0 Å². The lowest BCUT2D eigenvalue weighted by Crippen LogP contribution is -2.14. The van der Waals surface area contributed by atoms with E-state index in [1.54, 1.807) is 38.4 Å². The summed E-state index contributed by atoms with van der Waals surface area (Å²) in [6.07, 6.45) is -3.76. The highest BCUT2D eigenvalue weighted by molar-refractivity contribution is 5.76. The Morgan fingerprint density at radius 2 is 1.71 bits per heavy atom. The third kappa shape index (κ3) is 3.39. The summed E-state index contributed by atoms with van der Waals surface area (Å²) in [4.78, 5) is 16.3. The van der Waals surface area contributed by atoms with Crippen LogP contribution in [0.25, 0.3) is 11.3 Å². The number of nitrogens with zero attached hydrogens (tertiary/aromatic N) is 2. The molecule has 3 nitrogen and oxygen atoms in total. The lowest BCUT2D eigenvalue weighted by Gasteiger charge is -2.16. The summed E-state index contributed by atoms with van der Waals surface area (Å²) in [5.74, 6) is 0.222. The fraction of sp³-hybridized carbons (Fsp3) is 0.200. The summed E-state index contributed by atoms with van der Waals surface area (Å²) in [7, 11) is 3.25. The van der Waals surface area contributed by atoms with Crippen LogP contribution in [0.5, 0.6) is 0 Å². The number of alkyl halides is 3. The predicted octanol–water partition coefficient (Wildman–Crippen LogP) is 3.65. The molecule has 0 atom stereocenters. The molecule has 0 saturated carbocycles. The number of benzene rings is 1. The van der Waals surface area contributed by atoms with Gasteiger partial charge in [0.05, 0.1) is 11.3 Å². The number of rotatable bonds is 3. The van der Waals surface area contributed by atoms with Gasteiger partial charge in [-0.2, -0.15) is 13.2 Å². The summed E-state index contributed by atoms with van der Waals surface area (Å²) in [5, 5.41) is 0.